The van der Waals surface area contributed by atoms with Crippen molar-refractivity contribution >= 4 is 27.3 Å². The molecule has 0 amide bonds. The van der Waals surface area contributed by atoms with Crippen molar-refractivity contribution in [3.8, 4) is 0 Å². The molecule has 0 bridgehead atoms. The molecule has 0 spiro atoms. The van der Waals surface area contributed by atoms with Gasteiger partial charge in [0.25, 0.3) is 0 Å². The van der Waals surface area contributed by atoms with Crippen LogP contribution in [0.2, 0.25) is 0 Å². The number of sulfonamides is 1. The Balaban J connectivity index is 2.42. The third-order valence-corrected chi connectivity index (χ3v) is 6.71. The minimum absolute atomic E-state index is 0.0394. The van der Waals surface area contributed by atoms with Gasteiger partial charge in [-0.2, -0.15) is 4.31 Å². The van der Waals surface area contributed by atoms with Gasteiger partial charge in [-0.25, -0.2) is 13.2 Å². The largest absolute Gasteiger partial charge is 0.477 e. The van der Waals surface area contributed by atoms with Gasteiger partial charge < -0.3 is 5.11 Å². The Morgan fingerprint density at radius 3 is 2.79 bits per heavy atom. The van der Waals surface area contributed by atoms with E-state index in [1.54, 1.807) is 6.92 Å². The first-order chi connectivity index (χ1) is 8.87. The molecule has 1 aromatic rings. The first-order valence-corrected chi connectivity index (χ1v) is 8.49. The average Bonchev–Trinajstić information content (AvgIpc) is 2.94. The lowest BCUT2D eigenvalue weighted by Crippen LogP contribution is -2.35. The lowest BCUT2D eigenvalue weighted by atomic mass is 10.2. The molecule has 1 aliphatic heterocycles. The molecule has 1 saturated heterocycles. The maximum atomic E-state index is 12.6. The molecular weight excluding hydrogens is 286 g/mol. The zero-order valence-electron chi connectivity index (χ0n) is 10.9. The summed E-state index contributed by atoms with van der Waals surface area (Å²) in [7, 11) is -3.56. The van der Waals surface area contributed by atoms with E-state index in [-0.39, 0.29) is 15.8 Å². The van der Waals surface area contributed by atoms with Crippen LogP contribution in [0.4, 0.5) is 0 Å². The normalized spacial score (nSPS) is 20.8. The van der Waals surface area contributed by atoms with Crippen LogP contribution in [0.25, 0.3) is 0 Å². The second-order valence-corrected chi connectivity index (χ2v) is 7.77. The zero-order valence-corrected chi connectivity index (χ0v) is 12.6. The number of hydrogen-bond acceptors (Lipinski definition) is 4. The van der Waals surface area contributed by atoms with Gasteiger partial charge >= 0.3 is 5.97 Å². The quantitative estimate of drug-likeness (QED) is 0.926. The van der Waals surface area contributed by atoms with E-state index in [0.29, 0.717) is 11.4 Å². The molecule has 0 aliphatic carbocycles. The van der Waals surface area contributed by atoms with E-state index in [1.807, 2.05) is 6.92 Å². The predicted molar refractivity (Wildman–Crippen MR) is 73.2 cm³/mol. The average molecular weight is 303 g/mol. The Labute approximate surface area is 116 Å². The van der Waals surface area contributed by atoms with Gasteiger partial charge in [-0.3, -0.25) is 0 Å². The first kappa shape index (κ1) is 14.5. The minimum atomic E-state index is -3.56. The van der Waals surface area contributed by atoms with Crippen LogP contribution in [0.3, 0.4) is 0 Å². The summed E-state index contributed by atoms with van der Waals surface area (Å²) in [6.07, 6.45) is 2.53. The summed E-state index contributed by atoms with van der Waals surface area (Å²) < 4.78 is 26.7. The van der Waals surface area contributed by atoms with Crippen LogP contribution in [0, 0.1) is 6.92 Å². The molecule has 19 heavy (non-hydrogen) atoms. The van der Waals surface area contributed by atoms with Gasteiger partial charge in [0.1, 0.15) is 4.88 Å². The summed E-state index contributed by atoms with van der Waals surface area (Å²) in [5, 5.41) is 8.95. The fourth-order valence-corrected chi connectivity index (χ4v) is 5.65. The Kier molecular flexibility index (Phi) is 3.98. The minimum Gasteiger partial charge on any atom is -0.477 e. The van der Waals surface area contributed by atoms with Crippen LogP contribution in [-0.2, 0) is 10.0 Å². The fraction of sp³-hybridized carbons (Fsp3) is 0.583. The summed E-state index contributed by atoms with van der Waals surface area (Å²) in [4.78, 5) is 11.7. The van der Waals surface area contributed by atoms with Crippen molar-refractivity contribution in [1.82, 2.24) is 4.31 Å². The van der Waals surface area contributed by atoms with Crippen LogP contribution in [0.5, 0.6) is 0 Å². The van der Waals surface area contributed by atoms with Crippen molar-refractivity contribution in [2.45, 2.75) is 44.0 Å². The highest BCUT2D eigenvalue weighted by Crippen LogP contribution is 2.32. The molecule has 1 fully saturated rings. The van der Waals surface area contributed by atoms with Crippen LogP contribution < -0.4 is 0 Å². The zero-order chi connectivity index (χ0) is 14.2. The summed E-state index contributed by atoms with van der Waals surface area (Å²) in [5.41, 5.74) is 0. The molecule has 1 aliphatic rings. The Hall–Kier alpha value is -0.920. The van der Waals surface area contributed by atoms with Crippen molar-refractivity contribution in [3.05, 3.63) is 15.8 Å². The molecule has 0 radical (unpaired) electrons. The number of thiophene rings is 1. The van der Waals surface area contributed by atoms with Crippen molar-refractivity contribution in [2.24, 2.45) is 0 Å². The van der Waals surface area contributed by atoms with E-state index in [1.165, 1.54) is 10.4 Å². The topological polar surface area (TPSA) is 74.7 Å². The molecule has 2 heterocycles. The highest BCUT2D eigenvalue weighted by molar-refractivity contribution is 7.89. The smallest absolute Gasteiger partial charge is 0.345 e. The molecule has 1 atom stereocenters. The van der Waals surface area contributed by atoms with Gasteiger partial charge in [-0.15, -0.1) is 11.3 Å². The number of aryl methyl sites for hydroxylation is 1. The van der Waals surface area contributed by atoms with E-state index < -0.39 is 16.0 Å². The Morgan fingerprint density at radius 1 is 1.58 bits per heavy atom. The van der Waals surface area contributed by atoms with Gasteiger partial charge in [-0.1, -0.05) is 6.92 Å². The van der Waals surface area contributed by atoms with E-state index in [9.17, 15) is 13.2 Å². The summed E-state index contributed by atoms with van der Waals surface area (Å²) >= 11 is 1.01. The van der Waals surface area contributed by atoms with Gasteiger partial charge in [0.15, 0.2) is 0 Å². The van der Waals surface area contributed by atoms with Crippen molar-refractivity contribution in [1.29, 1.82) is 0 Å². The van der Waals surface area contributed by atoms with Crippen LogP contribution >= 0.6 is 11.3 Å². The second kappa shape index (κ2) is 5.22. The number of carbonyl (C=O) groups is 1. The van der Waals surface area contributed by atoms with Gasteiger partial charge in [0.2, 0.25) is 10.0 Å². The van der Waals surface area contributed by atoms with Crippen LogP contribution in [0.1, 0.15) is 40.7 Å². The Morgan fingerprint density at radius 2 is 2.26 bits per heavy atom. The molecule has 1 unspecified atom stereocenters. The number of aromatic carboxylic acids is 1. The summed E-state index contributed by atoms with van der Waals surface area (Å²) in [6, 6.07) is 1.32. The second-order valence-electron chi connectivity index (χ2n) is 4.66. The highest BCUT2D eigenvalue weighted by Gasteiger charge is 2.36. The third-order valence-electron chi connectivity index (χ3n) is 3.46. The van der Waals surface area contributed by atoms with Gasteiger partial charge in [-0.05, 0) is 32.3 Å². The molecule has 2 rings (SSSR count). The van der Waals surface area contributed by atoms with E-state index in [2.05, 4.69) is 0 Å². The summed E-state index contributed by atoms with van der Waals surface area (Å²) in [6.45, 7) is 4.15. The fourth-order valence-electron chi connectivity index (χ4n) is 2.49. The predicted octanol–water partition coefficient (Wildman–Crippen LogP) is 2.32. The van der Waals surface area contributed by atoms with E-state index in [0.717, 1.165) is 30.6 Å². The number of hydrogen-bond donors (Lipinski definition) is 1. The number of rotatable bonds is 4. The van der Waals surface area contributed by atoms with Crippen molar-refractivity contribution in [3.63, 3.8) is 0 Å². The van der Waals surface area contributed by atoms with E-state index >= 15 is 0 Å². The molecular formula is C12H17NO4S2. The molecule has 7 heteroatoms. The number of carboxylic acid groups (broad SMARTS) is 1. The molecule has 0 saturated carbocycles. The monoisotopic (exact) mass is 303 g/mol. The van der Waals surface area contributed by atoms with E-state index in [4.69, 9.17) is 5.11 Å². The third kappa shape index (κ3) is 2.54. The van der Waals surface area contributed by atoms with Crippen molar-refractivity contribution in [2.75, 3.05) is 6.54 Å². The lowest BCUT2D eigenvalue weighted by molar-refractivity contribution is 0.0702. The SMILES string of the molecule is CCC1CCCN1S(=O)(=O)c1cc(C(=O)O)sc1C. The molecule has 1 N–H and O–H groups in total. The number of carboxylic acids is 1. The van der Waals surface area contributed by atoms with Crippen LogP contribution in [-0.4, -0.2) is 36.4 Å². The van der Waals surface area contributed by atoms with Crippen molar-refractivity contribution < 1.29 is 18.3 Å². The molecule has 1 aromatic heterocycles. The Bertz CT molecular complexity index is 591. The molecule has 0 aromatic carbocycles. The number of nitrogens with zero attached hydrogens (tertiary/aromatic N) is 1. The summed E-state index contributed by atoms with van der Waals surface area (Å²) in [5.74, 6) is -1.08. The molecule has 106 valence electrons. The lowest BCUT2D eigenvalue weighted by Gasteiger charge is -2.22. The van der Waals surface area contributed by atoms with Gasteiger partial charge in [0.05, 0.1) is 4.90 Å². The van der Waals surface area contributed by atoms with Gasteiger partial charge in [0, 0.05) is 17.5 Å². The maximum absolute atomic E-state index is 12.6. The first-order valence-electron chi connectivity index (χ1n) is 6.23. The van der Waals surface area contributed by atoms with Crippen LogP contribution in [0.15, 0.2) is 11.0 Å². The molecule has 5 nitrogen and oxygen atoms in total. The maximum Gasteiger partial charge on any atom is 0.345 e. The highest BCUT2D eigenvalue weighted by atomic mass is 32.2. The standard InChI is InChI=1S/C12H17NO4S2/c1-3-9-5-4-6-13(9)19(16,17)11-7-10(12(14)15)18-8(11)2/h7,9H,3-6H2,1-2H3,(H,14,15).